The van der Waals surface area contributed by atoms with Gasteiger partial charge in [0.2, 0.25) is 0 Å². The van der Waals surface area contributed by atoms with Gasteiger partial charge in [-0.3, -0.25) is 0 Å². The first-order valence-electron chi connectivity index (χ1n) is 5.76. The number of hydrogen-bond acceptors (Lipinski definition) is 0. The molecule has 0 saturated heterocycles. The zero-order valence-electron chi connectivity index (χ0n) is 9.56. The van der Waals surface area contributed by atoms with Gasteiger partial charge in [0.25, 0.3) is 0 Å². The molecule has 0 amide bonds. The van der Waals surface area contributed by atoms with E-state index in [0.29, 0.717) is 0 Å². The molecule has 0 bridgehead atoms. The highest BCUT2D eigenvalue weighted by atomic mass is 35.8. The summed E-state index contributed by atoms with van der Waals surface area (Å²) in [6.45, 7) is 0. The Morgan fingerprint density at radius 1 is 0.824 bits per heavy atom. The van der Waals surface area contributed by atoms with E-state index in [4.69, 9.17) is 44.8 Å². The summed E-state index contributed by atoms with van der Waals surface area (Å²) in [4.78, 5) is 0. The van der Waals surface area contributed by atoms with E-state index < -0.39 is 6.00 Å². The molecule has 96 valence electrons. The summed E-state index contributed by atoms with van der Waals surface area (Å²) in [5, 5.41) is 0.855. The lowest BCUT2D eigenvalue weighted by molar-refractivity contribution is 0.669. The largest absolute Gasteiger partial charge is 0.372 e. The molecule has 1 aromatic rings. The molecule has 0 atom stereocenters. The molecule has 1 aromatic carbocycles. The number of hydrogen-bond donors (Lipinski definition) is 0. The number of halogens is 4. The zero-order chi connectivity index (χ0) is 12.7. The van der Waals surface area contributed by atoms with E-state index in [1.54, 1.807) is 0 Å². The van der Waals surface area contributed by atoms with Crippen molar-refractivity contribution in [2.24, 2.45) is 0 Å². The molecular formula is C12H16Cl4Si. The minimum Gasteiger partial charge on any atom is -0.127 e. The fraction of sp³-hybridized carbons (Fsp3) is 0.500. The Bertz CT molecular complexity index is 318. The lowest BCUT2D eigenvalue weighted by atomic mass is 10.1. The third-order valence-corrected chi connectivity index (χ3v) is 5.85. The standard InChI is InChI=1S/C12H16Cl4Si/c13-10-4-2-1-3-5-11-6-8-12(9-7-11)17(14,15)16/h6-9H,1-5,10H2. The molecule has 0 saturated carbocycles. The first-order valence-corrected chi connectivity index (χ1v) is 11.3. The van der Waals surface area contributed by atoms with Gasteiger partial charge in [0.1, 0.15) is 0 Å². The number of rotatable bonds is 7. The third kappa shape index (κ3) is 6.35. The van der Waals surface area contributed by atoms with Crippen molar-refractivity contribution < 1.29 is 0 Å². The van der Waals surface area contributed by atoms with Crippen molar-refractivity contribution in [2.45, 2.75) is 32.1 Å². The van der Waals surface area contributed by atoms with Crippen molar-refractivity contribution in [2.75, 3.05) is 5.88 Å². The summed E-state index contributed by atoms with van der Waals surface area (Å²) in [5.74, 6) is 0.766. The van der Waals surface area contributed by atoms with Crippen LogP contribution in [0.1, 0.15) is 31.2 Å². The number of aryl methyl sites for hydroxylation is 1. The van der Waals surface area contributed by atoms with Crippen LogP contribution < -0.4 is 5.19 Å². The summed E-state index contributed by atoms with van der Waals surface area (Å²) in [7, 11) is 0. The van der Waals surface area contributed by atoms with Crippen molar-refractivity contribution in [3.63, 3.8) is 0 Å². The van der Waals surface area contributed by atoms with E-state index in [-0.39, 0.29) is 0 Å². The second kappa shape index (κ2) is 7.91. The van der Waals surface area contributed by atoms with Gasteiger partial charge in [-0.1, -0.05) is 37.1 Å². The van der Waals surface area contributed by atoms with Crippen LogP contribution in [-0.4, -0.2) is 11.9 Å². The predicted molar refractivity (Wildman–Crippen MR) is 82.3 cm³/mol. The molecule has 1 rings (SSSR count). The minimum absolute atomic E-state index is 0.766. The molecule has 5 heteroatoms. The SMILES string of the molecule is ClCCCCCCc1ccc([Si](Cl)(Cl)Cl)cc1. The lowest BCUT2D eigenvalue weighted by Crippen LogP contribution is -2.29. The Balaban J connectivity index is 2.36. The highest BCUT2D eigenvalue weighted by Gasteiger charge is 2.27. The Kier molecular flexibility index (Phi) is 7.28. The van der Waals surface area contributed by atoms with Crippen LogP contribution in [0, 0.1) is 0 Å². The number of unbranched alkanes of at least 4 members (excludes halogenated alkanes) is 3. The van der Waals surface area contributed by atoms with Crippen LogP contribution >= 0.6 is 44.8 Å². The van der Waals surface area contributed by atoms with Crippen LogP contribution in [0.15, 0.2) is 24.3 Å². The van der Waals surface area contributed by atoms with E-state index in [1.165, 1.54) is 24.8 Å². The van der Waals surface area contributed by atoms with Gasteiger partial charge < -0.3 is 0 Å². The van der Waals surface area contributed by atoms with Gasteiger partial charge in [-0.15, -0.1) is 44.8 Å². The summed E-state index contributed by atoms with van der Waals surface area (Å²) in [6, 6.07) is 5.30. The van der Waals surface area contributed by atoms with Gasteiger partial charge in [-0.25, -0.2) is 0 Å². The summed E-state index contributed by atoms with van der Waals surface area (Å²) in [5.41, 5.74) is 1.31. The van der Waals surface area contributed by atoms with Crippen LogP contribution in [0.3, 0.4) is 0 Å². The molecule has 0 fully saturated rings. The molecule has 0 heterocycles. The van der Waals surface area contributed by atoms with E-state index >= 15 is 0 Å². The second-order valence-corrected chi connectivity index (χ2v) is 12.8. The van der Waals surface area contributed by atoms with E-state index in [2.05, 4.69) is 12.1 Å². The molecule has 0 unspecified atom stereocenters. The quantitative estimate of drug-likeness (QED) is 0.289. The molecule has 0 radical (unpaired) electrons. The molecule has 17 heavy (non-hydrogen) atoms. The van der Waals surface area contributed by atoms with Crippen molar-refractivity contribution >= 4 is 56.0 Å². The summed E-state index contributed by atoms with van der Waals surface area (Å²) >= 11 is 23.4. The highest BCUT2D eigenvalue weighted by Crippen LogP contribution is 2.19. The average molecular weight is 330 g/mol. The van der Waals surface area contributed by atoms with Crippen LogP contribution in [0.25, 0.3) is 0 Å². The van der Waals surface area contributed by atoms with Crippen molar-refractivity contribution in [3.05, 3.63) is 29.8 Å². The Morgan fingerprint density at radius 3 is 1.94 bits per heavy atom. The van der Waals surface area contributed by atoms with Gasteiger partial charge in [0, 0.05) is 5.88 Å². The minimum atomic E-state index is -2.70. The highest BCUT2D eigenvalue weighted by molar-refractivity contribution is 7.69. The van der Waals surface area contributed by atoms with Gasteiger partial charge in [0.15, 0.2) is 0 Å². The van der Waals surface area contributed by atoms with E-state index in [0.717, 1.165) is 23.9 Å². The maximum absolute atomic E-state index is 5.93. The first kappa shape index (κ1) is 15.7. The first-order chi connectivity index (χ1) is 8.04. The lowest BCUT2D eigenvalue weighted by Gasteiger charge is -2.09. The van der Waals surface area contributed by atoms with Gasteiger partial charge in [0.05, 0.1) is 0 Å². The molecule has 0 aromatic heterocycles. The fourth-order valence-corrected chi connectivity index (χ4v) is 3.51. The van der Waals surface area contributed by atoms with Crippen LogP contribution in [0.4, 0.5) is 0 Å². The smallest absolute Gasteiger partial charge is 0.127 e. The normalized spacial score (nSPS) is 11.8. The third-order valence-electron chi connectivity index (χ3n) is 2.63. The topological polar surface area (TPSA) is 0 Å². The van der Waals surface area contributed by atoms with Crippen LogP contribution in [0.5, 0.6) is 0 Å². The monoisotopic (exact) mass is 328 g/mol. The Labute approximate surface area is 123 Å². The molecule has 0 aliphatic carbocycles. The van der Waals surface area contributed by atoms with E-state index in [9.17, 15) is 0 Å². The Morgan fingerprint density at radius 2 is 1.41 bits per heavy atom. The van der Waals surface area contributed by atoms with Crippen molar-refractivity contribution in [1.82, 2.24) is 0 Å². The fourth-order valence-electron chi connectivity index (χ4n) is 1.64. The maximum atomic E-state index is 5.93. The maximum Gasteiger partial charge on any atom is 0.372 e. The second-order valence-electron chi connectivity index (χ2n) is 4.05. The number of benzene rings is 1. The molecule has 0 nitrogen and oxygen atoms in total. The average Bonchev–Trinajstić information content (AvgIpc) is 2.28. The molecule has 0 aliphatic rings. The zero-order valence-corrected chi connectivity index (χ0v) is 13.6. The van der Waals surface area contributed by atoms with Gasteiger partial charge in [-0.2, -0.15) is 0 Å². The van der Waals surface area contributed by atoms with E-state index in [1.807, 2.05) is 12.1 Å². The van der Waals surface area contributed by atoms with Crippen LogP contribution in [-0.2, 0) is 6.42 Å². The molecule has 0 aliphatic heterocycles. The summed E-state index contributed by atoms with van der Waals surface area (Å²) < 4.78 is 0. The Hall–Kier alpha value is 0.597. The molecule has 0 spiro atoms. The molecular weight excluding hydrogens is 314 g/mol. The van der Waals surface area contributed by atoms with Crippen molar-refractivity contribution in [3.8, 4) is 0 Å². The summed E-state index contributed by atoms with van der Waals surface area (Å²) in [6.07, 6.45) is 5.83. The van der Waals surface area contributed by atoms with Crippen molar-refractivity contribution in [1.29, 1.82) is 0 Å². The van der Waals surface area contributed by atoms with Crippen LogP contribution in [0.2, 0.25) is 0 Å². The van der Waals surface area contributed by atoms with Gasteiger partial charge in [-0.05, 0) is 30.0 Å². The number of alkyl halides is 1. The predicted octanol–water partition coefficient (Wildman–Crippen LogP) is 4.89. The molecule has 0 N–H and O–H groups in total. The van der Waals surface area contributed by atoms with Gasteiger partial charge >= 0.3 is 6.00 Å².